The Balaban J connectivity index is 1.70. The fourth-order valence-electron chi connectivity index (χ4n) is 4.48. The second-order valence-corrected chi connectivity index (χ2v) is 8.29. The van der Waals surface area contributed by atoms with Gasteiger partial charge in [0.05, 0.1) is 30.2 Å². The molecule has 1 amide bonds. The highest BCUT2D eigenvalue weighted by atomic mass is 16.5. The van der Waals surface area contributed by atoms with Crippen molar-refractivity contribution in [3.8, 4) is 22.6 Å². The van der Waals surface area contributed by atoms with Gasteiger partial charge in [-0.3, -0.25) is 4.79 Å². The Kier molecular flexibility index (Phi) is 6.63. The number of ether oxygens (including phenoxy) is 2. The second kappa shape index (κ2) is 9.59. The van der Waals surface area contributed by atoms with E-state index >= 15 is 0 Å². The molecule has 170 valence electrons. The zero-order chi connectivity index (χ0) is 22.7. The zero-order valence-corrected chi connectivity index (χ0v) is 19.4. The van der Waals surface area contributed by atoms with Crippen molar-refractivity contribution in [2.45, 2.75) is 65.8 Å². The third kappa shape index (κ3) is 4.29. The molecule has 1 aliphatic carbocycles. The van der Waals surface area contributed by atoms with Crippen molar-refractivity contribution in [2.24, 2.45) is 0 Å². The van der Waals surface area contributed by atoms with E-state index in [4.69, 9.17) is 14.6 Å². The molecule has 2 heterocycles. The lowest BCUT2D eigenvalue weighted by molar-refractivity contribution is 0.0926. The summed E-state index contributed by atoms with van der Waals surface area (Å²) in [6.45, 7) is 8.91. The molecule has 1 fully saturated rings. The Morgan fingerprint density at radius 3 is 2.53 bits per heavy atom. The van der Waals surface area contributed by atoms with Gasteiger partial charge in [-0.05, 0) is 58.2 Å². The Labute approximate surface area is 189 Å². The number of nitrogens with one attached hydrogen (secondary N) is 1. The monoisotopic (exact) mass is 436 g/mol. The smallest absolute Gasteiger partial charge is 0.254 e. The highest BCUT2D eigenvalue weighted by Gasteiger charge is 2.22. The average Bonchev–Trinajstić information content (AvgIpc) is 3.13. The van der Waals surface area contributed by atoms with Crippen molar-refractivity contribution in [3.05, 3.63) is 41.3 Å². The molecular formula is C25H32N4O3. The fourth-order valence-corrected chi connectivity index (χ4v) is 4.48. The highest BCUT2D eigenvalue weighted by molar-refractivity contribution is 5.95. The average molecular weight is 437 g/mol. The fraction of sp³-hybridized carbons (Fsp3) is 0.480. The third-order valence-corrected chi connectivity index (χ3v) is 6.08. The molecule has 0 unspecified atom stereocenters. The minimum atomic E-state index is -0.0711. The van der Waals surface area contributed by atoms with E-state index in [1.54, 1.807) is 10.7 Å². The van der Waals surface area contributed by atoms with Gasteiger partial charge in [-0.2, -0.15) is 5.10 Å². The summed E-state index contributed by atoms with van der Waals surface area (Å²) in [5.41, 5.74) is 4.80. The first-order valence-corrected chi connectivity index (χ1v) is 11.6. The zero-order valence-electron chi connectivity index (χ0n) is 19.4. The summed E-state index contributed by atoms with van der Waals surface area (Å²) in [6, 6.07) is 6.14. The van der Waals surface area contributed by atoms with E-state index in [0.29, 0.717) is 24.5 Å². The summed E-state index contributed by atoms with van der Waals surface area (Å²) >= 11 is 0. The van der Waals surface area contributed by atoms with Gasteiger partial charge in [-0.1, -0.05) is 25.3 Å². The molecule has 0 spiro atoms. The predicted molar refractivity (Wildman–Crippen MR) is 125 cm³/mol. The van der Waals surface area contributed by atoms with Crippen LogP contribution >= 0.6 is 0 Å². The number of rotatable bonds is 7. The van der Waals surface area contributed by atoms with E-state index in [9.17, 15) is 4.79 Å². The number of hydrogen-bond acceptors (Lipinski definition) is 5. The van der Waals surface area contributed by atoms with Crippen molar-refractivity contribution in [3.63, 3.8) is 0 Å². The van der Waals surface area contributed by atoms with E-state index < -0.39 is 0 Å². The van der Waals surface area contributed by atoms with Gasteiger partial charge in [0.2, 0.25) is 0 Å². The molecule has 1 N–H and O–H groups in total. The molecule has 4 rings (SSSR count). The van der Waals surface area contributed by atoms with Gasteiger partial charge < -0.3 is 14.8 Å². The summed E-state index contributed by atoms with van der Waals surface area (Å²) < 4.78 is 13.3. The van der Waals surface area contributed by atoms with Gasteiger partial charge in [0.1, 0.15) is 0 Å². The van der Waals surface area contributed by atoms with Gasteiger partial charge >= 0.3 is 0 Å². The summed E-state index contributed by atoms with van der Waals surface area (Å²) in [4.78, 5) is 17.6. The van der Waals surface area contributed by atoms with Crippen molar-refractivity contribution >= 4 is 11.6 Å². The number of amides is 1. The van der Waals surface area contributed by atoms with E-state index in [1.165, 1.54) is 19.3 Å². The number of fused-ring (bicyclic) bond motifs is 1. The quantitative estimate of drug-likeness (QED) is 0.572. The van der Waals surface area contributed by atoms with Crippen LogP contribution in [-0.4, -0.2) is 39.8 Å². The van der Waals surface area contributed by atoms with Crippen LogP contribution in [0, 0.1) is 13.8 Å². The molecule has 0 atom stereocenters. The molecule has 2 aromatic heterocycles. The minimum Gasteiger partial charge on any atom is -0.490 e. The molecule has 1 aliphatic rings. The Hall–Kier alpha value is -3.09. The number of hydrogen-bond donors (Lipinski definition) is 1. The van der Waals surface area contributed by atoms with E-state index in [0.717, 1.165) is 46.8 Å². The van der Waals surface area contributed by atoms with Gasteiger partial charge in [0.15, 0.2) is 17.1 Å². The molecule has 0 radical (unpaired) electrons. The third-order valence-electron chi connectivity index (χ3n) is 6.08. The Morgan fingerprint density at radius 2 is 1.81 bits per heavy atom. The Morgan fingerprint density at radius 1 is 1.09 bits per heavy atom. The standard InChI is InChI=1S/C25H32N4O3/c1-5-31-21-13-12-18(14-22(21)32-6-2)23-16(3)28-29-17(4)20(15-26-24(23)29)25(30)27-19-10-8-7-9-11-19/h12-15,19H,5-11H2,1-4H3,(H,27,30). The summed E-state index contributed by atoms with van der Waals surface area (Å²) in [5, 5.41) is 7.90. The molecule has 7 nitrogen and oxygen atoms in total. The van der Waals surface area contributed by atoms with Crippen LogP contribution in [0.1, 0.15) is 67.7 Å². The van der Waals surface area contributed by atoms with Crippen LogP contribution in [0.3, 0.4) is 0 Å². The maximum absolute atomic E-state index is 12.9. The number of benzene rings is 1. The minimum absolute atomic E-state index is 0.0711. The van der Waals surface area contributed by atoms with Gasteiger partial charge in [0.25, 0.3) is 5.91 Å². The molecule has 1 aromatic carbocycles. The largest absolute Gasteiger partial charge is 0.490 e. The first-order chi connectivity index (χ1) is 15.5. The van der Waals surface area contributed by atoms with Gasteiger partial charge in [0, 0.05) is 17.8 Å². The number of aromatic nitrogens is 3. The highest BCUT2D eigenvalue weighted by Crippen LogP contribution is 2.36. The van der Waals surface area contributed by atoms with Crippen LogP contribution in [0.2, 0.25) is 0 Å². The molecule has 1 saturated carbocycles. The summed E-state index contributed by atoms with van der Waals surface area (Å²) in [7, 11) is 0. The number of aryl methyl sites for hydroxylation is 2. The van der Waals surface area contributed by atoms with Gasteiger partial charge in [-0.15, -0.1) is 0 Å². The second-order valence-electron chi connectivity index (χ2n) is 8.29. The lowest BCUT2D eigenvalue weighted by atomic mass is 9.95. The van der Waals surface area contributed by atoms with Crippen molar-refractivity contribution in [1.82, 2.24) is 19.9 Å². The number of nitrogens with zero attached hydrogens (tertiary/aromatic N) is 3. The summed E-state index contributed by atoms with van der Waals surface area (Å²) in [5.74, 6) is 1.35. The topological polar surface area (TPSA) is 77.8 Å². The van der Waals surface area contributed by atoms with E-state index in [2.05, 4.69) is 10.3 Å². The molecule has 3 aromatic rings. The normalized spacial score (nSPS) is 14.5. The van der Waals surface area contributed by atoms with Crippen molar-refractivity contribution < 1.29 is 14.3 Å². The SMILES string of the molecule is CCOc1ccc(-c2c(C)nn3c(C)c(C(=O)NC4CCCCC4)cnc23)cc1OCC. The van der Waals surface area contributed by atoms with Crippen LogP contribution in [0.15, 0.2) is 24.4 Å². The van der Waals surface area contributed by atoms with E-state index in [1.807, 2.05) is 45.9 Å². The maximum Gasteiger partial charge on any atom is 0.254 e. The predicted octanol–water partition coefficient (Wildman–Crippen LogP) is 4.87. The first-order valence-electron chi connectivity index (χ1n) is 11.6. The van der Waals surface area contributed by atoms with Gasteiger partial charge in [-0.25, -0.2) is 9.50 Å². The molecule has 7 heteroatoms. The van der Waals surface area contributed by atoms with Crippen LogP contribution < -0.4 is 14.8 Å². The molecule has 32 heavy (non-hydrogen) atoms. The van der Waals surface area contributed by atoms with E-state index in [-0.39, 0.29) is 11.9 Å². The molecule has 0 aliphatic heterocycles. The van der Waals surface area contributed by atoms with Crippen LogP contribution in [0.5, 0.6) is 11.5 Å². The molecular weight excluding hydrogens is 404 g/mol. The van der Waals surface area contributed by atoms with Crippen LogP contribution in [-0.2, 0) is 0 Å². The van der Waals surface area contributed by atoms with Crippen molar-refractivity contribution in [2.75, 3.05) is 13.2 Å². The van der Waals surface area contributed by atoms with Crippen LogP contribution in [0.25, 0.3) is 16.8 Å². The van der Waals surface area contributed by atoms with Crippen molar-refractivity contribution in [1.29, 1.82) is 0 Å². The lowest BCUT2D eigenvalue weighted by Crippen LogP contribution is -2.36. The molecule has 0 bridgehead atoms. The first kappa shape index (κ1) is 22.1. The number of carbonyl (C=O) groups is 1. The summed E-state index contributed by atoms with van der Waals surface area (Å²) in [6.07, 6.45) is 7.37. The molecule has 0 saturated heterocycles. The lowest BCUT2D eigenvalue weighted by Gasteiger charge is -2.23. The van der Waals surface area contributed by atoms with Crippen LogP contribution in [0.4, 0.5) is 0 Å². The maximum atomic E-state index is 12.9. The Bertz CT molecular complexity index is 1120. The number of carbonyl (C=O) groups excluding carboxylic acids is 1.